The molecule has 0 aromatic heterocycles. The Morgan fingerprint density at radius 1 is 0.556 bits per heavy atom. The molecule has 0 radical (unpaired) electrons. The first-order valence-corrected chi connectivity index (χ1v) is 12.8. The first-order valence-electron chi connectivity index (χ1n) is 12.8. The third-order valence-corrected chi connectivity index (χ3v) is 6.16. The minimum absolute atomic E-state index is 0.0248. The summed E-state index contributed by atoms with van der Waals surface area (Å²) >= 11 is 0. The maximum absolute atomic E-state index is 14.2. The fourth-order valence-corrected chi connectivity index (χ4v) is 4.47. The lowest BCUT2D eigenvalue weighted by atomic mass is 9.88. The van der Waals surface area contributed by atoms with Gasteiger partial charge in [0, 0.05) is 24.3 Å². The molecule has 3 heteroatoms. The third-order valence-electron chi connectivity index (χ3n) is 6.16. The van der Waals surface area contributed by atoms with Gasteiger partial charge in [-0.15, -0.1) is 0 Å². The van der Waals surface area contributed by atoms with Crippen LogP contribution in [0.3, 0.4) is 0 Å². The lowest BCUT2D eigenvalue weighted by Crippen LogP contribution is -2.16. The number of benzene rings is 4. The van der Waals surface area contributed by atoms with Gasteiger partial charge in [-0.3, -0.25) is 4.79 Å². The average molecular weight is 479 g/mol. The van der Waals surface area contributed by atoms with E-state index in [2.05, 4.69) is 38.1 Å². The number of ether oxygens (including phenoxy) is 2. The summed E-state index contributed by atoms with van der Waals surface area (Å²) in [6, 6.07) is 35.8. The van der Waals surface area contributed by atoms with E-state index in [0.29, 0.717) is 24.3 Å². The molecular formula is C33H34O3. The van der Waals surface area contributed by atoms with Crippen molar-refractivity contribution in [2.45, 2.75) is 38.9 Å². The Morgan fingerprint density at radius 2 is 0.917 bits per heavy atom. The molecule has 2 unspecified atom stereocenters. The maximum atomic E-state index is 14.2. The molecule has 0 saturated heterocycles. The zero-order chi connectivity index (χ0) is 25.2. The van der Waals surface area contributed by atoms with Crippen LogP contribution in [0.2, 0.25) is 0 Å². The highest BCUT2D eigenvalue weighted by atomic mass is 16.5. The molecule has 0 aliphatic heterocycles. The number of hydrogen-bond donors (Lipinski definition) is 0. The molecule has 0 bridgehead atoms. The second kappa shape index (κ2) is 13.0. The second-order valence-corrected chi connectivity index (χ2v) is 8.83. The standard InChI is InChI=1S/C33H34O3/c1-3-23-35-32(25-15-7-5-8-16-25)29-21-13-11-19-27(29)31(34)28-20-12-14-22-30(28)33(36-24-4-2)26-17-9-6-10-18-26/h5-22,32-33H,3-4,23-24H2,1-2H3. The highest BCUT2D eigenvalue weighted by Crippen LogP contribution is 2.34. The average Bonchev–Trinajstić information content (AvgIpc) is 2.95. The SMILES string of the molecule is CCCOC(c1ccccc1)c1ccccc1C(=O)c1ccccc1C(OCCC)c1ccccc1. The van der Waals surface area contributed by atoms with E-state index in [4.69, 9.17) is 9.47 Å². The van der Waals surface area contributed by atoms with Crippen LogP contribution in [0, 0.1) is 0 Å². The van der Waals surface area contributed by atoms with Gasteiger partial charge in [-0.2, -0.15) is 0 Å². The topological polar surface area (TPSA) is 35.5 Å². The molecule has 0 amide bonds. The minimum atomic E-state index is -0.320. The monoisotopic (exact) mass is 478 g/mol. The van der Waals surface area contributed by atoms with Crippen molar-refractivity contribution in [3.05, 3.63) is 143 Å². The van der Waals surface area contributed by atoms with Crippen LogP contribution in [0.5, 0.6) is 0 Å². The van der Waals surface area contributed by atoms with Gasteiger partial charge in [-0.05, 0) is 35.1 Å². The van der Waals surface area contributed by atoms with Crippen LogP contribution in [-0.2, 0) is 9.47 Å². The summed E-state index contributed by atoms with van der Waals surface area (Å²) in [6.45, 7) is 5.41. The molecule has 0 fully saturated rings. The molecule has 36 heavy (non-hydrogen) atoms. The number of hydrogen-bond acceptors (Lipinski definition) is 3. The Bertz CT molecular complexity index is 1140. The van der Waals surface area contributed by atoms with Crippen LogP contribution >= 0.6 is 0 Å². The zero-order valence-corrected chi connectivity index (χ0v) is 21.1. The molecule has 0 saturated carbocycles. The Kier molecular flexibility index (Phi) is 9.21. The Morgan fingerprint density at radius 3 is 1.31 bits per heavy atom. The predicted octanol–water partition coefficient (Wildman–Crippen LogP) is 7.95. The van der Waals surface area contributed by atoms with Gasteiger partial charge in [-0.25, -0.2) is 0 Å². The molecule has 2 atom stereocenters. The Hall–Kier alpha value is -3.53. The Labute approximate surface area is 214 Å². The van der Waals surface area contributed by atoms with Crippen LogP contribution in [0.4, 0.5) is 0 Å². The first kappa shape index (κ1) is 25.6. The van der Waals surface area contributed by atoms with Crippen molar-refractivity contribution in [2.24, 2.45) is 0 Å². The molecule has 0 spiro atoms. The van der Waals surface area contributed by atoms with Crippen molar-refractivity contribution in [2.75, 3.05) is 13.2 Å². The molecule has 4 rings (SSSR count). The summed E-state index contributed by atoms with van der Waals surface area (Å²) in [5, 5.41) is 0. The number of ketones is 1. The van der Waals surface area contributed by atoms with Gasteiger partial charge in [-0.1, -0.05) is 123 Å². The maximum Gasteiger partial charge on any atom is 0.193 e. The van der Waals surface area contributed by atoms with Gasteiger partial charge in [0.1, 0.15) is 12.2 Å². The number of carbonyl (C=O) groups excluding carboxylic acids is 1. The van der Waals surface area contributed by atoms with Crippen molar-refractivity contribution in [1.82, 2.24) is 0 Å². The van der Waals surface area contributed by atoms with Crippen molar-refractivity contribution >= 4 is 5.78 Å². The van der Waals surface area contributed by atoms with Gasteiger partial charge >= 0.3 is 0 Å². The molecule has 0 aliphatic carbocycles. The van der Waals surface area contributed by atoms with Gasteiger partial charge in [0.25, 0.3) is 0 Å². The smallest absolute Gasteiger partial charge is 0.193 e. The van der Waals surface area contributed by atoms with E-state index in [9.17, 15) is 4.79 Å². The van der Waals surface area contributed by atoms with Crippen LogP contribution in [0.1, 0.15) is 77.1 Å². The molecule has 184 valence electrons. The van der Waals surface area contributed by atoms with Crippen molar-refractivity contribution in [1.29, 1.82) is 0 Å². The predicted molar refractivity (Wildman–Crippen MR) is 145 cm³/mol. The van der Waals surface area contributed by atoms with Crippen molar-refractivity contribution in [3.8, 4) is 0 Å². The zero-order valence-electron chi connectivity index (χ0n) is 21.1. The molecular weight excluding hydrogens is 444 g/mol. The van der Waals surface area contributed by atoms with E-state index >= 15 is 0 Å². The van der Waals surface area contributed by atoms with Gasteiger partial charge in [0.05, 0.1) is 0 Å². The largest absolute Gasteiger partial charge is 0.369 e. The Balaban J connectivity index is 1.79. The third kappa shape index (κ3) is 5.99. The molecule has 4 aromatic rings. The van der Waals surface area contributed by atoms with Crippen molar-refractivity contribution in [3.63, 3.8) is 0 Å². The van der Waals surface area contributed by atoms with Crippen LogP contribution in [0.25, 0.3) is 0 Å². The van der Waals surface area contributed by atoms with Crippen molar-refractivity contribution < 1.29 is 14.3 Å². The number of carbonyl (C=O) groups is 1. The highest BCUT2D eigenvalue weighted by Gasteiger charge is 2.26. The summed E-state index contributed by atoms with van der Waals surface area (Å²) in [7, 11) is 0. The van der Waals surface area contributed by atoms with E-state index in [-0.39, 0.29) is 18.0 Å². The van der Waals surface area contributed by atoms with E-state index in [1.54, 1.807) is 0 Å². The van der Waals surface area contributed by atoms with Crippen LogP contribution in [-0.4, -0.2) is 19.0 Å². The van der Waals surface area contributed by atoms with Crippen LogP contribution in [0.15, 0.2) is 109 Å². The molecule has 0 aliphatic rings. The van der Waals surface area contributed by atoms with Gasteiger partial charge in [0.15, 0.2) is 5.78 Å². The highest BCUT2D eigenvalue weighted by molar-refractivity contribution is 6.11. The van der Waals surface area contributed by atoms with Crippen LogP contribution < -0.4 is 0 Å². The summed E-state index contributed by atoms with van der Waals surface area (Å²) in [6.07, 6.45) is 1.16. The minimum Gasteiger partial charge on any atom is -0.369 e. The molecule has 4 aromatic carbocycles. The summed E-state index contributed by atoms with van der Waals surface area (Å²) in [5.41, 5.74) is 5.13. The quantitative estimate of drug-likeness (QED) is 0.194. The molecule has 3 nitrogen and oxygen atoms in total. The molecule has 0 N–H and O–H groups in total. The van der Waals surface area contributed by atoms with E-state index in [1.807, 2.05) is 84.9 Å². The van der Waals surface area contributed by atoms with Gasteiger partial charge in [0.2, 0.25) is 0 Å². The fourth-order valence-electron chi connectivity index (χ4n) is 4.47. The number of rotatable bonds is 12. The van der Waals surface area contributed by atoms with E-state index in [1.165, 1.54) is 0 Å². The lowest BCUT2D eigenvalue weighted by Gasteiger charge is -2.23. The summed E-state index contributed by atoms with van der Waals surface area (Å²) in [4.78, 5) is 14.2. The van der Waals surface area contributed by atoms with E-state index < -0.39 is 0 Å². The normalized spacial score (nSPS) is 12.7. The lowest BCUT2D eigenvalue weighted by molar-refractivity contribution is 0.0774. The fraction of sp³-hybridized carbons (Fsp3) is 0.242. The summed E-state index contributed by atoms with van der Waals surface area (Å²) in [5.74, 6) is -0.0248. The summed E-state index contributed by atoms with van der Waals surface area (Å²) < 4.78 is 12.6. The first-order chi connectivity index (χ1) is 17.7. The van der Waals surface area contributed by atoms with Gasteiger partial charge < -0.3 is 9.47 Å². The van der Waals surface area contributed by atoms with E-state index in [0.717, 1.165) is 35.1 Å². The second-order valence-electron chi connectivity index (χ2n) is 8.83. The molecule has 0 heterocycles.